The number of rotatable bonds is 6. The minimum absolute atomic E-state index is 0.0870. The topological polar surface area (TPSA) is 59.2 Å². The molecule has 1 heterocycles. The summed E-state index contributed by atoms with van der Waals surface area (Å²) in [6.45, 7) is 3.92. The SMILES string of the molecule is CCOC(=O)C(=O)C[C@H](c1ccc(C)cc1)c1c[nH]c2ccccc12. The van der Waals surface area contributed by atoms with Crippen molar-refractivity contribution in [3.63, 3.8) is 0 Å². The number of esters is 1. The van der Waals surface area contributed by atoms with E-state index in [-0.39, 0.29) is 18.9 Å². The number of ether oxygens (including phenoxy) is 1. The predicted molar refractivity (Wildman–Crippen MR) is 97.6 cm³/mol. The zero-order chi connectivity index (χ0) is 17.8. The van der Waals surface area contributed by atoms with Crippen molar-refractivity contribution in [2.24, 2.45) is 0 Å². The summed E-state index contributed by atoms with van der Waals surface area (Å²) < 4.78 is 4.87. The van der Waals surface area contributed by atoms with Gasteiger partial charge in [0, 0.05) is 29.4 Å². The fourth-order valence-corrected chi connectivity index (χ4v) is 3.07. The summed E-state index contributed by atoms with van der Waals surface area (Å²) in [6, 6.07) is 16.0. The maximum Gasteiger partial charge on any atom is 0.374 e. The van der Waals surface area contributed by atoms with Gasteiger partial charge in [0.2, 0.25) is 5.78 Å². The number of nitrogens with one attached hydrogen (secondary N) is 1. The van der Waals surface area contributed by atoms with Gasteiger partial charge in [0.15, 0.2) is 0 Å². The Hall–Kier alpha value is -2.88. The first kappa shape index (κ1) is 17.0. The van der Waals surface area contributed by atoms with Gasteiger partial charge in [-0.25, -0.2) is 4.79 Å². The van der Waals surface area contributed by atoms with Crippen LogP contribution < -0.4 is 0 Å². The van der Waals surface area contributed by atoms with Crippen LogP contribution in [0.25, 0.3) is 10.9 Å². The average molecular weight is 335 g/mol. The van der Waals surface area contributed by atoms with E-state index in [2.05, 4.69) is 4.98 Å². The highest BCUT2D eigenvalue weighted by atomic mass is 16.5. The lowest BCUT2D eigenvalue weighted by Crippen LogP contribution is -2.20. The van der Waals surface area contributed by atoms with Crippen LogP contribution in [0.1, 0.15) is 36.0 Å². The van der Waals surface area contributed by atoms with E-state index in [9.17, 15) is 9.59 Å². The van der Waals surface area contributed by atoms with E-state index in [0.29, 0.717) is 0 Å². The monoisotopic (exact) mass is 335 g/mol. The van der Waals surface area contributed by atoms with Gasteiger partial charge in [0.25, 0.3) is 0 Å². The van der Waals surface area contributed by atoms with Crippen molar-refractivity contribution in [3.05, 3.63) is 71.4 Å². The predicted octanol–water partition coefficient (Wildman–Crippen LogP) is 4.13. The van der Waals surface area contributed by atoms with E-state index in [1.165, 1.54) is 0 Å². The van der Waals surface area contributed by atoms with Crippen molar-refractivity contribution in [3.8, 4) is 0 Å². The Morgan fingerprint density at radius 2 is 1.80 bits per heavy atom. The minimum Gasteiger partial charge on any atom is -0.460 e. The summed E-state index contributed by atoms with van der Waals surface area (Å²) in [5.74, 6) is -1.47. The minimum atomic E-state index is -0.764. The second kappa shape index (κ2) is 7.34. The molecule has 0 radical (unpaired) electrons. The number of hydrogen-bond donors (Lipinski definition) is 1. The van der Waals surface area contributed by atoms with Gasteiger partial charge in [-0.1, -0.05) is 48.0 Å². The molecular formula is C21H21NO3. The molecule has 0 spiro atoms. The van der Waals surface area contributed by atoms with E-state index in [4.69, 9.17) is 4.74 Å². The average Bonchev–Trinajstić information content (AvgIpc) is 3.04. The van der Waals surface area contributed by atoms with Crippen LogP contribution in [0, 0.1) is 6.92 Å². The van der Waals surface area contributed by atoms with E-state index in [0.717, 1.165) is 27.6 Å². The lowest BCUT2D eigenvalue weighted by molar-refractivity contribution is -0.153. The van der Waals surface area contributed by atoms with Crippen LogP contribution in [0.3, 0.4) is 0 Å². The molecule has 1 aromatic heterocycles. The van der Waals surface area contributed by atoms with Crippen molar-refractivity contribution >= 4 is 22.7 Å². The fourth-order valence-electron chi connectivity index (χ4n) is 3.07. The lowest BCUT2D eigenvalue weighted by Gasteiger charge is -2.16. The van der Waals surface area contributed by atoms with Gasteiger partial charge < -0.3 is 9.72 Å². The third kappa shape index (κ3) is 3.63. The molecule has 0 aliphatic heterocycles. The number of aromatic nitrogens is 1. The molecule has 3 aromatic rings. The van der Waals surface area contributed by atoms with Gasteiger partial charge in [-0.3, -0.25) is 4.79 Å². The molecule has 4 nitrogen and oxygen atoms in total. The van der Waals surface area contributed by atoms with Gasteiger partial charge >= 0.3 is 5.97 Å². The van der Waals surface area contributed by atoms with Gasteiger partial charge in [-0.05, 0) is 31.0 Å². The van der Waals surface area contributed by atoms with Crippen molar-refractivity contribution in [1.29, 1.82) is 0 Å². The molecule has 0 fully saturated rings. The first-order chi connectivity index (χ1) is 12.1. The lowest BCUT2D eigenvalue weighted by atomic mass is 9.86. The second-order valence-electron chi connectivity index (χ2n) is 6.10. The number of fused-ring (bicyclic) bond motifs is 1. The highest BCUT2D eigenvalue weighted by Gasteiger charge is 2.25. The van der Waals surface area contributed by atoms with Crippen LogP contribution >= 0.6 is 0 Å². The maximum absolute atomic E-state index is 12.3. The number of carbonyl (C=O) groups excluding carboxylic acids is 2. The van der Waals surface area contributed by atoms with E-state index < -0.39 is 11.8 Å². The van der Waals surface area contributed by atoms with Crippen molar-refractivity contribution in [2.75, 3.05) is 6.61 Å². The number of H-pyrrole nitrogens is 1. The second-order valence-corrected chi connectivity index (χ2v) is 6.10. The van der Waals surface area contributed by atoms with E-state index in [1.807, 2.05) is 61.7 Å². The molecule has 0 unspecified atom stereocenters. The van der Waals surface area contributed by atoms with Gasteiger partial charge in [0.05, 0.1) is 6.61 Å². The summed E-state index contributed by atoms with van der Waals surface area (Å²) in [5.41, 5.74) is 4.18. The molecule has 0 amide bonds. The van der Waals surface area contributed by atoms with E-state index >= 15 is 0 Å². The number of carbonyl (C=O) groups is 2. The Morgan fingerprint density at radius 1 is 1.08 bits per heavy atom. The quantitative estimate of drug-likeness (QED) is 0.544. The van der Waals surface area contributed by atoms with Gasteiger partial charge in [-0.2, -0.15) is 0 Å². The molecule has 0 bridgehead atoms. The summed E-state index contributed by atoms with van der Waals surface area (Å²) in [7, 11) is 0. The Bertz CT molecular complexity index is 893. The number of aryl methyl sites for hydroxylation is 1. The fraction of sp³-hybridized carbons (Fsp3) is 0.238. The van der Waals surface area contributed by atoms with Crippen LogP contribution in [0.5, 0.6) is 0 Å². The smallest absolute Gasteiger partial charge is 0.374 e. The summed E-state index contributed by atoms with van der Waals surface area (Å²) >= 11 is 0. The Kier molecular flexibility index (Phi) is 4.98. The molecular weight excluding hydrogens is 314 g/mol. The molecule has 1 atom stereocenters. The number of hydrogen-bond acceptors (Lipinski definition) is 3. The number of Topliss-reactive ketones (excluding diaryl/α,β-unsaturated/α-hetero) is 1. The molecule has 0 saturated carbocycles. The zero-order valence-corrected chi connectivity index (χ0v) is 14.4. The van der Waals surface area contributed by atoms with Crippen molar-refractivity contribution in [1.82, 2.24) is 4.98 Å². The number of ketones is 1. The Labute approximate surface area is 146 Å². The molecule has 2 aromatic carbocycles. The first-order valence-electron chi connectivity index (χ1n) is 8.42. The third-order valence-corrected chi connectivity index (χ3v) is 4.37. The third-order valence-electron chi connectivity index (χ3n) is 4.37. The van der Waals surface area contributed by atoms with Crippen LogP contribution in [-0.2, 0) is 14.3 Å². The van der Waals surface area contributed by atoms with E-state index in [1.54, 1.807) is 6.92 Å². The normalized spacial score (nSPS) is 12.1. The van der Waals surface area contributed by atoms with Gasteiger partial charge in [0.1, 0.15) is 0 Å². The summed E-state index contributed by atoms with van der Waals surface area (Å²) in [6.07, 6.45) is 2.01. The zero-order valence-electron chi connectivity index (χ0n) is 14.4. The Morgan fingerprint density at radius 3 is 2.52 bits per heavy atom. The molecule has 0 aliphatic carbocycles. The van der Waals surface area contributed by atoms with Crippen molar-refractivity contribution < 1.29 is 14.3 Å². The standard InChI is InChI=1S/C21H21NO3/c1-3-25-21(24)20(23)12-17(15-10-8-14(2)9-11-15)18-13-22-19-7-5-4-6-16(18)19/h4-11,13,17,22H,3,12H2,1-2H3/t17-/m1/s1. The number of aromatic amines is 1. The number of para-hydroxylation sites is 1. The van der Waals surface area contributed by atoms with Crippen LogP contribution in [0.15, 0.2) is 54.7 Å². The molecule has 25 heavy (non-hydrogen) atoms. The molecule has 0 aliphatic rings. The molecule has 0 saturated heterocycles. The van der Waals surface area contributed by atoms with Gasteiger partial charge in [-0.15, -0.1) is 0 Å². The highest BCUT2D eigenvalue weighted by molar-refractivity contribution is 6.33. The van der Waals surface area contributed by atoms with Crippen LogP contribution in [-0.4, -0.2) is 23.3 Å². The largest absolute Gasteiger partial charge is 0.460 e. The molecule has 128 valence electrons. The Balaban J connectivity index is 2.01. The van der Waals surface area contributed by atoms with Crippen LogP contribution in [0.4, 0.5) is 0 Å². The molecule has 3 rings (SSSR count). The summed E-state index contributed by atoms with van der Waals surface area (Å²) in [5, 5.41) is 1.06. The molecule has 1 N–H and O–H groups in total. The highest BCUT2D eigenvalue weighted by Crippen LogP contribution is 2.33. The van der Waals surface area contributed by atoms with Crippen molar-refractivity contribution in [2.45, 2.75) is 26.2 Å². The number of benzene rings is 2. The molecule has 4 heteroatoms. The van der Waals surface area contributed by atoms with Crippen LogP contribution in [0.2, 0.25) is 0 Å². The maximum atomic E-state index is 12.3. The first-order valence-corrected chi connectivity index (χ1v) is 8.42. The summed E-state index contributed by atoms with van der Waals surface area (Å²) in [4.78, 5) is 27.4.